The number of carbonyl (C=O) groups excluding carboxylic acids is 1. The van der Waals surface area contributed by atoms with E-state index < -0.39 is 0 Å². The van der Waals surface area contributed by atoms with E-state index in [4.69, 9.17) is 0 Å². The normalized spacial score (nSPS) is 14.2. The Morgan fingerprint density at radius 2 is 2.25 bits per heavy atom. The van der Waals surface area contributed by atoms with Gasteiger partial charge < -0.3 is 5.32 Å². The maximum atomic E-state index is 11.3. The van der Waals surface area contributed by atoms with Gasteiger partial charge in [0.05, 0.1) is 12.0 Å². The maximum Gasteiger partial charge on any atom is 0.275 e. The third-order valence-corrected chi connectivity index (χ3v) is 1.71. The van der Waals surface area contributed by atoms with Crippen molar-refractivity contribution in [3.63, 3.8) is 0 Å². The van der Waals surface area contributed by atoms with E-state index in [1.807, 2.05) is 0 Å². The molecule has 1 aliphatic rings. The van der Waals surface area contributed by atoms with Crippen molar-refractivity contribution in [1.82, 2.24) is 15.0 Å². The average Bonchev–Trinajstić information content (AvgIpc) is 2.39. The molecular weight excluding hydrogens is 160 g/mol. The second kappa shape index (κ2) is 2.13. The smallest absolute Gasteiger partial charge is 0.275 e. The molecule has 1 N–H and O–H groups in total. The zero-order valence-corrected chi connectivity index (χ0v) is 6.37. The molecule has 1 aliphatic heterocycles. The van der Waals surface area contributed by atoms with E-state index in [2.05, 4.69) is 15.6 Å². The van der Waals surface area contributed by atoms with E-state index in [1.165, 1.54) is 7.05 Å². The highest BCUT2D eigenvalue weighted by atomic mass is 16.2. The summed E-state index contributed by atoms with van der Waals surface area (Å²) in [5.74, 6) is 0.0886. The van der Waals surface area contributed by atoms with E-state index in [0.717, 1.165) is 4.68 Å². The van der Waals surface area contributed by atoms with Crippen molar-refractivity contribution in [2.24, 2.45) is 7.05 Å². The van der Waals surface area contributed by atoms with Crippen molar-refractivity contribution in [3.05, 3.63) is 15.9 Å². The van der Waals surface area contributed by atoms with Crippen LogP contribution >= 0.6 is 0 Å². The van der Waals surface area contributed by atoms with Crippen LogP contribution in [0.15, 0.2) is 4.79 Å². The number of amides is 1. The van der Waals surface area contributed by atoms with Crippen molar-refractivity contribution in [3.8, 4) is 0 Å². The van der Waals surface area contributed by atoms with Crippen LogP contribution in [0.3, 0.4) is 0 Å². The fraction of sp³-hybridized carbons (Fsp3) is 0.333. The number of aryl methyl sites for hydroxylation is 1. The van der Waals surface area contributed by atoms with Crippen molar-refractivity contribution in [2.45, 2.75) is 6.42 Å². The van der Waals surface area contributed by atoms with E-state index in [-0.39, 0.29) is 17.9 Å². The molecule has 62 valence electrons. The Morgan fingerprint density at radius 1 is 1.50 bits per heavy atom. The Kier molecular flexibility index (Phi) is 1.24. The summed E-state index contributed by atoms with van der Waals surface area (Å²) in [7, 11) is 1.50. The number of fused-ring (bicyclic) bond motifs is 1. The monoisotopic (exact) mass is 166 g/mol. The number of hydrogen-bond acceptors (Lipinski definition) is 4. The predicted molar refractivity (Wildman–Crippen MR) is 39.6 cm³/mol. The summed E-state index contributed by atoms with van der Waals surface area (Å²) in [6, 6.07) is 0. The number of carbonyl (C=O) groups is 1. The minimum absolute atomic E-state index is 0.109. The lowest BCUT2D eigenvalue weighted by atomic mass is 10.3. The first-order valence-electron chi connectivity index (χ1n) is 3.41. The van der Waals surface area contributed by atoms with Gasteiger partial charge >= 0.3 is 0 Å². The molecule has 0 unspecified atom stereocenters. The van der Waals surface area contributed by atoms with Gasteiger partial charge in [0, 0.05) is 7.05 Å². The molecular formula is C6H6N4O2. The second-order valence-electron chi connectivity index (χ2n) is 2.57. The molecule has 1 aromatic rings. The quantitative estimate of drug-likeness (QED) is 0.518. The summed E-state index contributed by atoms with van der Waals surface area (Å²) < 4.78 is 1.11. The molecule has 0 bridgehead atoms. The molecule has 2 heterocycles. The molecule has 2 rings (SSSR count). The molecule has 0 spiro atoms. The Labute approximate surface area is 67.2 Å². The van der Waals surface area contributed by atoms with Gasteiger partial charge in [0.1, 0.15) is 0 Å². The van der Waals surface area contributed by atoms with Crippen LogP contribution in [0.1, 0.15) is 5.56 Å². The third kappa shape index (κ3) is 0.810. The van der Waals surface area contributed by atoms with Crippen molar-refractivity contribution in [1.29, 1.82) is 0 Å². The van der Waals surface area contributed by atoms with Crippen LogP contribution in [0.5, 0.6) is 0 Å². The number of nitrogens with one attached hydrogen (secondary N) is 1. The van der Waals surface area contributed by atoms with Gasteiger partial charge in [0.25, 0.3) is 5.56 Å². The van der Waals surface area contributed by atoms with E-state index in [9.17, 15) is 9.59 Å². The SMILES string of the molecule is Cn1nnc2c(c1=O)CC(=O)N2. The number of nitrogens with zero attached hydrogens (tertiary/aromatic N) is 3. The molecule has 0 radical (unpaired) electrons. The Morgan fingerprint density at radius 3 is 3.00 bits per heavy atom. The van der Waals surface area contributed by atoms with Crippen molar-refractivity contribution >= 4 is 11.7 Å². The Balaban J connectivity index is 2.69. The highest BCUT2D eigenvalue weighted by Crippen LogP contribution is 2.13. The summed E-state index contributed by atoms with van der Waals surface area (Å²) in [4.78, 5) is 22.1. The lowest BCUT2D eigenvalue weighted by Crippen LogP contribution is -2.23. The van der Waals surface area contributed by atoms with Gasteiger partial charge in [-0.2, -0.15) is 0 Å². The number of hydrogen-bond donors (Lipinski definition) is 1. The molecule has 0 fully saturated rings. The van der Waals surface area contributed by atoms with Crippen LogP contribution in [-0.4, -0.2) is 20.9 Å². The highest BCUT2D eigenvalue weighted by molar-refractivity contribution is 5.97. The molecule has 6 heteroatoms. The Hall–Kier alpha value is -1.72. The molecule has 0 atom stereocenters. The van der Waals surface area contributed by atoms with Gasteiger partial charge in [-0.1, -0.05) is 5.21 Å². The summed E-state index contributed by atoms with van der Waals surface area (Å²) in [5, 5.41) is 9.61. The van der Waals surface area contributed by atoms with E-state index in [0.29, 0.717) is 11.4 Å². The van der Waals surface area contributed by atoms with Crippen LogP contribution in [0.25, 0.3) is 0 Å². The summed E-state index contributed by atoms with van der Waals surface area (Å²) in [6.07, 6.45) is 0.109. The van der Waals surface area contributed by atoms with Crippen LogP contribution in [0, 0.1) is 0 Å². The lowest BCUT2D eigenvalue weighted by molar-refractivity contribution is -0.115. The van der Waals surface area contributed by atoms with Gasteiger partial charge in [0.2, 0.25) is 5.91 Å². The summed E-state index contributed by atoms with van der Waals surface area (Å²) >= 11 is 0. The van der Waals surface area contributed by atoms with Gasteiger partial charge in [-0.15, -0.1) is 5.10 Å². The highest BCUT2D eigenvalue weighted by Gasteiger charge is 2.23. The first-order valence-corrected chi connectivity index (χ1v) is 3.41. The van der Waals surface area contributed by atoms with Crippen molar-refractivity contribution < 1.29 is 4.79 Å². The molecule has 1 aromatic heterocycles. The van der Waals surface area contributed by atoms with Crippen LogP contribution < -0.4 is 10.9 Å². The average molecular weight is 166 g/mol. The zero-order chi connectivity index (χ0) is 8.72. The van der Waals surface area contributed by atoms with Gasteiger partial charge in [-0.05, 0) is 0 Å². The van der Waals surface area contributed by atoms with Gasteiger partial charge in [0.15, 0.2) is 5.82 Å². The van der Waals surface area contributed by atoms with Crippen LogP contribution in [0.4, 0.5) is 5.82 Å². The Bertz CT molecular complexity index is 408. The lowest BCUT2D eigenvalue weighted by Gasteiger charge is -1.96. The fourth-order valence-electron chi connectivity index (χ4n) is 1.11. The van der Waals surface area contributed by atoms with E-state index >= 15 is 0 Å². The fourth-order valence-corrected chi connectivity index (χ4v) is 1.11. The van der Waals surface area contributed by atoms with E-state index in [1.54, 1.807) is 0 Å². The third-order valence-electron chi connectivity index (χ3n) is 1.71. The molecule has 0 aromatic carbocycles. The standard InChI is InChI=1S/C6H6N4O2/c1-10-6(12)3-2-4(11)7-5(3)8-9-10/h2H2,1H3,(H,7,11). The zero-order valence-electron chi connectivity index (χ0n) is 6.37. The summed E-state index contributed by atoms with van der Waals surface area (Å²) in [5.41, 5.74) is 0.135. The van der Waals surface area contributed by atoms with Gasteiger partial charge in [-0.3, -0.25) is 9.59 Å². The molecule has 12 heavy (non-hydrogen) atoms. The van der Waals surface area contributed by atoms with Crippen molar-refractivity contribution in [2.75, 3.05) is 5.32 Å². The number of aromatic nitrogens is 3. The second-order valence-corrected chi connectivity index (χ2v) is 2.57. The maximum absolute atomic E-state index is 11.3. The van der Waals surface area contributed by atoms with Gasteiger partial charge in [-0.25, -0.2) is 4.68 Å². The molecule has 6 nitrogen and oxygen atoms in total. The first-order chi connectivity index (χ1) is 5.68. The largest absolute Gasteiger partial charge is 0.308 e. The molecule has 0 saturated carbocycles. The number of anilines is 1. The van der Waals surface area contributed by atoms with Crippen LogP contribution in [-0.2, 0) is 18.3 Å². The number of rotatable bonds is 0. The summed E-state index contributed by atoms with van der Waals surface area (Å²) in [6.45, 7) is 0. The topological polar surface area (TPSA) is 76.9 Å². The molecule has 0 saturated heterocycles. The predicted octanol–water partition coefficient (Wildman–Crippen LogP) is -1.33. The molecule has 1 amide bonds. The molecule has 0 aliphatic carbocycles. The van der Waals surface area contributed by atoms with Crippen LogP contribution in [0.2, 0.25) is 0 Å². The minimum atomic E-state index is -0.265. The first kappa shape index (κ1) is 6.96. The minimum Gasteiger partial charge on any atom is -0.308 e.